The molecule has 2 aliphatic rings. The quantitative estimate of drug-likeness (QED) is 0.153. The van der Waals surface area contributed by atoms with Gasteiger partial charge >= 0.3 is 12.3 Å². The Morgan fingerprint density at radius 2 is 1.68 bits per heavy atom. The van der Waals surface area contributed by atoms with E-state index in [1.54, 1.807) is 48.5 Å². The molecule has 0 saturated heterocycles. The summed E-state index contributed by atoms with van der Waals surface area (Å²) >= 11 is -1.82. The average Bonchev–Trinajstić information content (AvgIpc) is 3.83. The molecule has 2 aromatic carbocycles. The van der Waals surface area contributed by atoms with Gasteiger partial charge in [0.1, 0.15) is 21.7 Å². The zero-order chi connectivity index (χ0) is 39.3. The topological polar surface area (TPSA) is 145 Å². The predicted octanol–water partition coefficient (Wildman–Crippen LogP) is 6.64. The lowest BCUT2D eigenvalue weighted by Crippen LogP contribution is -2.53. The minimum Gasteiger partial charge on any atom is -0.598 e. The van der Waals surface area contributed by atoms with Gasteiger partial charge in [-0.3, -0.25) is 9.69 Å². The standard InChI is InChI=1S/C37H44F4N4O7S/c1-33(2,3)52-32(47)45-20-35(7,44-53(49)34(4,5)6)25-18-28(43-29(30(25)45)21-9-12-23(38)13-10-21)36(48,37(39,40)41)19-42-31(46)22-11-16-26(27(17-22)50-8)51-24-14-15-24/h9-13,16-18,24,44,48H,14-15,19-20H2,1-8H3,(H,42,46)/t35-,36?,53?/m1/s1. The van der Waals surface area contributed by atoms with Gasteiger partial charge in [-0.25, -0.2) is 14.2 Å². The molecule has 16 heteroatoms. The molecule has 0 spiro atoms. The van der Waals surface area contributed by atoms with Crippen LogP contribution in [0.1, 0.15) is 82.9 Å². The number of alkyl halides is 3. The number of aromatic nitrogens is 1. The van der Waals surface area contributed by atoms with Gasteiger partial charge in [-0.05, 0) is 110 Å². The van der Waals surface area contributed by atoms with E-state index in [1.165, 1.54) is 42.3 Å². The number of halogens is 4. The molecule has 0 bridgehead atoms. The van der Waals surface area contributed by atoms with E-state index >= 15 is 13.2 Å². The minimum absolute atomic E-state index is 0.00433. The molecule has 1 aliphatic carbocycles. The SMILES string of the molecule is COc1cc(C(=O)NCC(O)(c2cc3c(c(-c4ccc(F)cc4)n2)N(C(=O)OC(C)(C)C)C[C@@]3(C)N[S+]([O-])C(C)(C)C)C(F)(F)F)ccc1OC1CC1. The highest BCUT2D eigenvalue weighted by atomic mass is 32.2. The third-order valence-electron chi connectivity index (χ3n) is 8.58. The summed E-state index contributed by atoms with van der Waals surface area (Å²) < 4.78 is 92.0. The minimum atomic E-state index is -5.41. The summed E-state index contributed by atoms with van der Waals surface area (Å²) in [7, 11) is 1.36. The highest BCUT2D eigenvalue weighted by molar-refractivity contribution is 7.90. The number of aliphatic hydroxyl groups is 1. The number of anilines is 1. The van der Waals surface area contributed by atoms with Gasteiger partial charge in [0, 0.05) is 28.1 Å². The largest absolute Gasteiger partial charge is 0.598 e. The molecule has 1 aromatic heterocycles. The van der Waals surface area contributed by atoms with E-state index in [2.05, 4.69) is 15.0 Å². The number of rotatable bonds is 10. The zero-order valence-electron chi connectivity index (χ0n) is 30.7. The van der Waals surface area contributed by atoms with Crippen LogP contribution in [-0.2, 0) is 27.2 Å². The lowest BCUT2D eigenvalue weighted by molar-refractivity contribution is -0.265. The predicted molar refractivity (Wildman–Crippen MR) is 191 cm³/mol. The van der Waals surface area contributed by atoms with Crippen LogP contribution in [0.15, 0.2) is 48.5 Å². The van der Waals surface area contributed by atoms with E-state index in [4.69, 9.17) is 14.2 Å². The highest BCUT2D eigenvalue weighted by Gasteiger charge is 2.58. The Balaban J connectivity index is 1.64. The Hall–Kier alpha value is -4.12. The maximum Gasteiger partial charge on any atom is 0.424 e. The molecule has 3 aromatic rings. The number of nitrogens with zero attached hydrogens (tertiary/aromatic N) is 2. The molecule has 288 valence electrons. The fraction of sp³-hybridized carbons (Fsp3) is 0.486. The normalized spacial score (nSPS) is 19.2. The molecular weight excluding hydrogens is 720 g/mol. The molecule has 2 unspecified atom stereocenters. The van der Waals surface area contributed by atoms with E-state index in [9.17, 15) is 23.6 Å². The number of benzene rings is 2. The molecule has 1 aliphatic heterocycles. The maximum atomic E-state index is 15.2. The molecule has 53 heavy (non-hydrogen) atoms. The molecule has 2 heterocycles. The summed E-state index contributed by atoms with van der Waals surface area (Å²) in [4.78, 5) is 32.5. The molecule has 5 rings (SSSR count). The Kier molecular flexibility index (Phi) is 10.8. The van der Waals surface area contributed by atoms with Crippen molar-refractivity contribution in [1.82, 2.24) is 15.0 Å². The summed E-state index contributed by atoms with van der Waals surface area (Å²) in [6.45, 7) is 9.91. The third-order valence-corrected chi connectivity index (χ3v) is 10.3. The number of methoxy groups -OCH3 is 1. The van der Waals surface area contributed by atoms with Gasteiger partial charge in [-0.15, -0.1) is 4.72 Å². The number of carbonyl (C=O) groups is 2. The van der Waals surface area contributed by atoms with Gasteiger partial charge < -0.3 is 29.2 Å². The second-order valence-corrected chi connectivity index (χ2v) is 17.3. The average molecular weight is 765 g/mol. The number of hydrogen-bond donors (Lipinski definition) is 3. The van der Waals surface area contributed by atoms with E-state index in [0.717, 1.165) is 31.0 Å². The van der Waals surface area contributed by atoms with Crippen LogP contribution >= 0.6 is 0 Å². The number of amides is 2. The zero-order valence-corrected chi connectivity index (χ0v) is 31.6. The highest BCUT2D eigenvalue weighted by Crippen LogP contribution is 2.49. The van der Waals surface area contributed by atoms with Crippen LogP contribution in [0.4, 0.5) is 28.0 Å². The number of ether oxygens (including phenoxy) is 3. The summed E-state index contributed by atoms with van der Waals surface area (Å²) in [5.74, 6) is -1.02. The van der Waals surface area contributed by atoms with Crippen LogP contribution in [-0.4, -0.2) is 69.5 Å². The van der Waals surface area contributed by atoms with Crippen LogP contribution in [0.3, 0.4) is 0 Å². The molecule has 3 atom stereocenters. The van der Waals surface area contributed by atoms with Crippen molar-refractivity contribution in [3.05, 3.63) is 71.2 Å². The molecule has 3 N–H and O–H groups in total. The van der Waals surface area contributed by atoms with Gasteiger partial charge in [0.15, 0.2) is 11.5 Å². The lowest BCUT2D eigenvalue weighted by Gasteiger charge is -2.34. The first kappa shape index (κ1) is 40.1. The monoisotopic (exact) mass is 764 g/mol. The van der Waals surface area contributed by atoms with Gasteiger partial charge in [-0.1, -0.05) is 0 Å². The number of nitrogens with one attached hydrogen (secondary N) is 2. The van der Waals surface area contributed by atoms with E-state index < -0.39 is 69.1 Å². The summed E-state index contributed by atoms with van der Waals surface area (Å²) in [5.41, 5.74) is -7.35. The Morgan fingerprint density at radius 1 is 1.04 bits per heavy atom. The van der Waals surface area contributed by atoms with Crippen molar-refractivity contribution in [2.75, 3.05) is 25.1 Å². The molecule has 1 fully saturated rings. The third kappa shape index (κ3) is 8.66. The van der Waals surface area contributed by atoms with E-state index in [-0.39, 0.29) is 46.5 Å². The lowest BCUT2D eigenvalue weighted by atomic mass is 9.89. The maximum absolute atomic E-state index is 15.2. The van der Waals surface area contributed by atoms with Crippen molar-refractivity contribution < 1.29 is 51.0 Å². The second-order valence-electron chi connectivity index (χ2n) is 15.4. The van der Waals surface area contributed by atoms with Crippen LogP contribution in [0.5, 0.6) is 11.5 Å². The van der Waals surface area contributed by atoms with Crippen molar-refractivity contribution in [3.8, 4) is 22.8 Å². The van der Waals surface area contributed by atoms with Crippen molar-refractivity contribution in [1.29, 1.82) is 0 Å². The Labute approximate surface area is 308 Å². The fourth-order valence-corrected chi connectivity index (χ4v) is 6.46. The van der Waals surface area contributed by atoms with Crippen LogP contribution in [0.25, 0.3) is 11.3 Å². The van der Waals surface area contributed by atoms with Crippen LogP contribution in [0, 0.1) is 5.82 Å². The Morgan fingerprint density at radius 3 is 2.23 bits per heavy atom. The molecule has 1 saturated carbocycles. The second kappa shape index (κ2) is 14.3. The molecule has 0 radical (unpaired) electrons. The molecular formula is C37H44F4N4O7S. The first-order chi connectivity index (χ1) is 24.5. The summed E-state index contributed by atoms with van der Waals surface area (Å²) in [5, 5.41) is 13.8. The van der Waals surface area contributed by atoms with Crippen molar-refractivity contribution >= 4 is 29.0 Å². The number of carbonyl (C=O) groups excluding carboxylic acids is 2. The Bertz CT molecular complexity index is 1860. The summed E-state index contributed by atoms with van der Waals surface area (Å²) in [6, 6.07) is 9.81. The number of fused-ring (bicyclic) bond motifs is 1. The number of pyridine rings is 1. The van der Waals surface area contributed by atoms with Gasteiger partial charge in [0.2, 0.25) is 5.60 Å². The first-order valence-corrected chi connectivity index (χ1v) is 18.0. The van der Waals surface area contributed by atoms with Crippen molar-refractivity contribution in [2.24, 2.45) is 0 Å². The van der Waals surface area contributed by atoms with Crippen molar-refractivity contribution in [2.45, 2.75) is 95.1 Å². The van der Waals surface area contributed by atoms with Gasteiger partial charge in [0.25, 0.3) is 5.91 Å². The fourth-order valence-electron chi connectivity index (χ4n) is 5.57. The molecule has 11 nitrogen and oxygen atoms in total. The van der Waals surface area contributed by atoms with E-state index in [0.29, 0.717) is 5.75 Å². The van der Waals surface area contributed by atoms with Crippen LogP contribution in [0.2, 0.25) is 0 Å². The van der Waals surface area contributed by atoms with Gasteiger partial charge in [0.05, 0.1) is 43.4 Å². The smallest absolute Gasteiger partial charge is 0.424 e. The summed E-state index contributed by atoms with van der Waals surface area (Å²) in [6.07, 6.45) is -4.53. The van der Waals surface area contributed by atoms with Crippen LogP contribution < -0.4 is 24.4 Å². The first-order valence-electron chi connectivity index (χ1n) is 16.9. The van der Waals surface area contributed by atoms with Gasteiger partial charge in [-0.2, -0.15) is 13.2 Å². The van der Waals surface area contributed by atoms with E-state index in [1.807, 2.05) is 0 Å². The van der Waals surface area contributed by atoms with Crippen molar-refractivity contribution in [3.63, 3.8) is 0 Å². The molecule has 2 amide bonds. The number of hydrogen-bond acceptors (Lipinski definition) is 9.